The minimum absolute atomic E-state index is 0.357. The molecule has 0 atom stereocenters. The van der Waals surface area contributed by atoms with Crippen LogP contribution in [0.4, 0.5) is 4.79 Å². The van der Waals surface area contributed by atoms with Crippen molar-refractivity contribution in [2.45, 2.75) is 37.9 Å². The van der Waals surface area contributed by atoms with Gasteiger partial charge in [-0.25, -0.2) is 4.79 Å². The molecule has 1 aromatic carbocycles. The first-order valence-corrected chi connectivity index (χ1v) is 8.06. The van der Waals surface area contributed by atoms with Gasteiger partial charge in [-0.2, -0.15) is 0 Å². The standard InChI is InChI=1S/C18H24N2O2/c1-2-12-19-13-16-8-10-18(19,11-9-16)20(17(21)22)14-15-6-4-3-5-7-15/h2-7,16H,1,8-14H2,(H,21,22). The Morgan fingerprint density at radius 2 is 2.05 bits per heavy atom. The molecular weight excluding hydrogens is 276 g/mol. The largest absolute Gasteiger partial charge is 0.465 e. The van der Waals surface area contributed by atoms with Crippen LogP contribution in [0.1, 0.15) is 31.2 Å². The Hall–Kier alpha value is -1.81. The number of carbonyl (C=O) groups is 1. The Morgan fingerprint density at radius 1 is 1.36 bits per heavy atom. The molecule has 4 heteroatoms. The predicted octanol–water partition coefficient (Wildman–Crippen LogP) is 3.55. The lowest BCUT2D eigenvalue weighted by Crippen LogP contribution is -2.67. The Bertz CT molecular complexity index is 535. The van der Waals surface area contributed by atoms with Gasteiger partial charge in [-0.3, -0.25) is 9.80 Å². The van der Waals surface area contributed by atoms with E-state index in [1.165, 1.54) is 0 Å². The van der Waals surface area contributed by atoms with Crippen molar-refractivity contribution in [3.05, 3.63) is 48.6 Å². The highest BCUT2D eigenvalue weighted by molar-refractivity contribution is 5.66. The molecule has 1 amide bonds. The summed E-state index contributed by atoms with van der Waals surface area (Å²) < 4.78 is 0. The average Bonchev–Trinajstić information content (AvgIpc) is 2.55. The maximum absolute atomic E-state index is 12.0. The lowest BCUT2D eigenvalue weighted by molar-refractivity contribution is -0.121. The van der Waals surface area contributed by atoms with E-state index < -0.39 is 6.09 Å². The molecule has 4 rings (SSSR count). The van der Waals surface area contributed by atoms with Crippen LogP contribution in [0.3, 0.4) is 0 Å². The summed E-state index contributed by atoms with van der Waals surface area (Å²) in [5.41, 5.74) is 0.690. The third-order valence-corrected chi connectivity index (χ3v) is 5.24. The Balaban J connectivity index is 1.90. The minimum Gasteiger partial charge on any atom is -0.465 e. The summed E-state index contributed by atoms with van der Waals surface area (Å²) in [6, 6.07) is 9.89. The van der Waals surface area contributed by atoms with Gasteiger partial charge in [0.05, 0.1) is 12.2 Å². The van der Waals surface area contributed by atoms with E-state index in [9.17, 15) is 9.90 Å². The van der Waals surface area contributed by atoms with Crippen LogP contribution in [0.15, 0.2) is 43.0 Å². The zero-order chi connectivity index (χ0) is 15.6. The number of carboxylic acid groups (broad SMARTS) is 1. The van der Waals surface area contributed by atoms with Crippen molar-refractivity contribution in [3.8, 4) is 0 Å². The van der Waals surface area contributed by atoms with Crippen molar-refractivity contribution in [1.29, 1.82) is 0 Å². The van der Waals surface area contributed by atoms with E-state index in [0.717, 1.165) is 44.3 Å². The van der Waals surface area contributed by atoms with Gasteiger partial charge in [-0.15, -0.1) is 6.58 Å². The van der Waals surface area contributed by atoms with Gasteiger partial charge in [0.1, 0.15) is 0 Å². The summed E-state index contributed by atoms with van der Waals surface area (Å²) in [7, 11) is 0. The van der Waals surface area contributed by atoms with Crippen LogP contribution in [0.5, 0.6) is 0 Å². The minimum atomic E-state index is -0.821. The molecule has 2 aliphatic heterocycles. The van der Waals surface area contributed by atoms with Gasteiger partial charge in [0.15, 0.2) is 0 Å². The van der Waals surface area contributed by atoms with Crippen molar-refractivity contribution in [2.75, 3.05) is 13.1 Å². The van der Waals surface area contributed by atoms with Crippen LogP contribution in [0.25, 0.3) is 0 Å². The fourth-order valence-electron chi connectivity index (χ4n) is 4.12. The van der Waals surface area contributed by atoms with Crippen molar-refractivity contribution >= 4 is 6.09 Å². The van der Waals surface area contributed by atoms with Gasteiger partial charge in [0.25, 0.3) is 0 Å². The molecule has 0 radical (unpaired) electrons. The summed E-state index contributed by atoms with van der Waals surface area (Å²) in [4.78, 5) is 16.0. The maximum Gasteiger partial charge on any atom is 0.409 e. The van der Waals surface area contributed by atoms with E-state index in [-0.39, 0.29) is 5.66 Å². The number of nitrogens with zero attached hydrogens (tertiary/aromatic N) is 2. The van der Waals surface area contributed by atoms with E-state index in [1.807, 2.05) is 36.4 Å². The summed E-state index contributed by atoms with van der Waals surface area (Å²) in [5, 5.41) is 9.86. The molecule has 22 heavy (non-hydrogen) atoms. The molecule has 3 aliphatic rings. The molecule has 118 valence electrons. The second-order valence-electron chi connectivity index (χ2n) is 6.47. The highest BCUT2D eigenvalue weighted by Crippen LogP contribution is 2.45. The fraction of sp³-hybridized carbons (Fsp3) is 0.500. The SMILES string of the molecule is C=CCN1CC2CCC1(N(Cc1ccccc1)C(=O)O)CC2. The summed E-state index contributed by atoms with van der Waals surface area (Å²) >= 11 is 0. The molecule has 1 saturated carbocycles. The van der Waals surface area contributed by atoms with Crippen LogP contribution in [-0.4, -0.2) is 39.8 Å². The highest BCUT2D eigenvalue weighted by Gasteiger charge is 2.51. The average molecular weight is 300 g/mol. The molecule has 2 heterocycles. The van der Waals surface area contributed by atoms with E-state index in [0.29, 0.717) is 12.5 Å². The van der Waals surface area contributed by atoms with Gasteiger partial charge in [-0.1, -0.05) is 36.4 Å². The number of hydrogen-bond acceptors (Lipinski definition) is 2. The first-order valence-electron chi connectivity index (χ1n) is 8.06. The molecular formula is C18H24N2O2. The Kier molecular flexibility index (Phi) is 4.21. The van der Waals surface area contributed by atoms with E-state index in [4.69, 9.17) is 0 Å². The first-order chi connectivity index (χ1) is 10.7. The molecule has 0 unspecified atom stereocenters. The van der Waals surface area contributed by atoms with Crippen molar-refractivity contribution < 1.29 is 9.90 Å². The van der Waals surface area contributed by atoms with E-state index >= 15 is 0 Å². The Morgan fingerprint density at radius 3 is 2.64 bits per heavy atom. The van der Waals surface area contributed by atoms with E-state index in [1.54, 1.807) is 4.90 Å². The fourth-order valence-corrected chi connectivity index (χ4v) is 4.12. The maximum atomic E-state index is 12.0. The van der Waals surface area contributed by atoms with Gasteiger partial charge < -0.3 is 5.11 Å². The number of fused-ring (bicyclic) bond motifs is 3. The number of rotatable bonds is 5. The molecule has 1 aromatic rings. The quantitative estimate of drug-likeness (QED) is 0.846. The summed E-state index contributed by atoms with van der Waals surface area (Å²) in [6.07, 6.45) is 5.21. The van der Waals surface area contributed by atoms with Gasteiger partial charge in [0, 0.05) is 13.1 Å². The smallest absolute Gasteiger partial charge is 0.409 e. The number of benzene rings is 1. The zero-order valence-corrected chi connectivity index (χ0v) is 12.9. The van der Waals surface area contributed by atoms with Crippen LogP contribution in [-0.2, 0) is 6.54 Å². The van der Waals surface area contributed by atoms with Crippen LogP contribution in [0.2, 0.25) is 0 Å². The van der Waals surface area contributed by atoms with Crippen molar-refractivity contribution in [3.63, 3.8) is 0 Å². The molecule has 1 N–H and O–H groups in total. The normalized spacial score (nSPS) is 27.5. The van der Waals surface area contributed by atoms with Crippen molar-refractivity contribution in [1.82, 2.24) is 9.80 Å². The van der Waals surface area contributed by atoms with Crippen LogP contribution >= 0.6 is 0 Å². The molecule has 4 nitrogen and oxygen atoms in total. The molecule has 1 aliphatic carbocycles. The second-order valence-corrected chi connectivity index (χ2v) is 6.47. The van der Waals surface area contributed by atoms with E-state index in [2.05, 4.69) is 11.5 Å². The van der Waals surface area contributed by atoms with Crippen molar-refractivity contribution in [2.24, 2.45) is 5.92 Å². The highest BCUT2D eigenvalue weighted by atomic mass is 16.4. The zero-order valence-electron chi connectivity index (χ0n) is 12.9. The third kappa shape index (κ3) is 2.63. The second kappa shape index (κ2) is 6.13. The predicted molar refractivity (Wildman–Crippen MR) is 86.5 cm³/mol. The number of amides is 1. The lowest BCUT2D eigenvalue weighted by atomic mass is 9.74. The first kappa shape index (κ1) is 15.1. The molecule has 0 aromatic heterocycles. The summed E-state index contributed by atoms with van der Waals surface area (Å²) in [6.45, 7) is 6.05. The van der Waals surface area contributed by atoms with Gasteiger partial charge in [0.2, 0.25) is 0 Å². The monoisotopic (exact) mass is 300 g/mol. The Labute approximate surface area is 132 Å². The van der Waals surface area contributed by atoms with Crippen LogP contribution < -0.4 is 0 Å². The molecule has 2 saturated heterocycles. The van der Waals surface area contributed by atoms with Crippen LogP contribution in [0, 0.1) is 5.92 Å². The molecule has 3 fully saturated rings. The molecule has 2 bridgehead atoms. The number of hydrogen-bond donors (Lipinski definition) is 1. The lowest BCUT2D eigenvalue weighted by Gasteiger charge is -2.58. The summed E-state index contributed by atoms with van der Waals surface area (Å²) in [5.74, 6) is 0.717. The topological polar surface area (TPSA) is 43.8 Å². The number of piperidine rings is 2. The van der Waals surface area contributed by atoms with Gasteiger partial charge in [-0.05, 0) is 37.2 Å². The third-order valence-electron chi connectivity index (χ3n) is 5.24. The van der Waals surface area contributed by atoms with Gasteiger partial charge >= 0.3 is 6.09 Å². The molecule has 0 spiro atoms.